The zero-order chi connectivity index (χ0) is 19.5. The molecule has 0 spiro atoms. The van der Waals surface area contributed by atoms with Crippen molar-refractivity contribution in [3.8, 4) is 5.75 Å². The summed E-state index contributed by atoms with van der Waals surface area (Å²) in [6.45, 7) is 4.86. The molecule has 0 atom stereocenters. The number of rotatable bonds is 6. The summed E-state index contributed by atoms with van der Waals surface area (Å²) in [5.74, 6) is 0.888. The van der Waals surface area contributed by atoms with Crippen LogP contribution in [0.1, 0.15) is 5.56 Å². The van der Waals surface area contributed by atoms with E-state index >= 15 is 0 Å². The number of methoxy groups -OCH3 is 1. The highest BCUT2D eigenvalue weighted by atomic mass is 32.1. The number of nitro benzene ring substituents is 1. The normalized spacial score (nSPS) is 15.1. The maximum atomic E-state index is 11.0. The first-order chi connectivity index (χ1) is 13.6. The van der Waals surface area contributed by atoms with Gasteiger partial charge in [0.2, 0.25) is 0 Å². The fraction of sp³-hybridized carbons (Fsp3) is 0.350. The van der Waals surface area contributed by atoms with Crippen molar-refractivity contribution in [2.75, 3.05) is 44.7 Å². The van der Waals surface area contributed by atoms with Gasteiger partial charge in [-0.1, -0.05) is 23.5 Å². The molecule has 0 aliphatic carbocycles. The fourth-order valence-corrected chi connectivity index (χ4v) is 4.44. The second-order valence-corrected chi connectivity index (χ2v) is 7.84. The maximum absolute atomic E-state index is 11.0. The third kappa shape index (κ3) is 4.07. The molecule has 1 aliphatic rings. The van der Waals surface area contributed by atoms with Gasteiger partial charge in [-0.05, 0) is 30.2 Å². The van der Waals surface area contributed by atoms with Crippen molar-refractivity contribution >= 4 is 32.4 Å². The van der Waals surface area contributed by atoms with Crippen LogP contribution in [-0.2, 0) is 6.42 Å². The lowest BCUT2D eigenvalue weighted by molar-refractivity contribution is -0.384. The Labute approximate surface area is 167 Å². The van der Waals surface area contributed by atoms with Crippen molar-refractivity contribution < 1.29 is 9.66 Å². The van der Waals surface area contributed by atoms with Crippen LogP contribution in [0.3, 0.4) is 0 Å². The number of hydrogen-bond acceptors (Lipinski definition) is 7. The Kier molecular flexibility index (Phi) is 5.40. The second kappa shape index (κ2) is 8.12. The average Bonchev–Trinajstić information content (AvgIpc) is 3.16. The smallest absolute Gasteiger partial charge is 0.270 e. The molecule has 28 heavy (non-hydrogen) atoms. The molecule has 1 aromatic heterocycles. The zero-order valence-corrected chi connectivity index (χ0v) is 16.5. The van der Waals surface area contributed by atoms with Crippen molar-refractivity contribution in [3.05, 3.63) is 58.1 Å². The van der Waals surface area contributed by atoms with Crippen LogP contribution in [0.25, 0.3) is 10.2 Å². The third-order valence-corrected chi connectivity index (χ3v) is 6.17. The Hall–Kier alpha value is -2.71. The molecule has 3 aromatic rings. The number of piperazine rings is 1. The minimum atomic E-state index is -0.361. The summed E-state index contributed by atoms with van der Waals surface area (Å²) in [4.78, 5) is 20.0. The predicted molar refractivity (Wildman–Crippen MR) is 112 cm³/mol. The van der Waals surface area contributed by atoms with Crippen LogP contribution in [0.15, 0.2) is 42.5 Å². The lowest BCUT2D eigenvalue weighted by atomic mass is 10.1. The monoisotopic (exact) mass is 398 g/mol. The third-order valence-electron chi connectivity index (χ3n) is 5.09. The van der Waals surface area contributed by atoms with Crippen molar-refractivity contribution in [2.45, 2.75) is 6.42 Å². The zero-order valence-electron chi connectivity index (χ0n) is 15.7. The quantitative estimate of drug-likeness (QED) is 0.467. The van der Waals surface area contributed by atoms with Crippen LogP contribution >= 0.6 is 11.3 Å². The van der Waals surface area contributed by atoms with Crippen molar-refractivity contribution in [1.82, 2.24) is 9.88 Å². The maximum Gasteiger partial charge on any atom is 0.270 e. The Morgan fingerprint density at radius 2 is 1.89 bits per heavy atom. The fourth-order valence-electron chi connectivity index (χ4n) is 3.39. The van der Waals surface area contributed by atoms with Crippen LogP contribution < -0.4 is 9.64 Å². The van der Waals surface area contributed by atoms with Crippen LogP contribution in [0.4, 0.5) is 10.8 Å². The van der Waals surface area contributed by atoms with Gasteiger partial charge >= 0.3 is 0 Å². The first-order valence-corrected chi connectivity index (χ1v) is 10.1. The Bertz CT molecular complexity index is 965. The molecule has 7 nitrogen and oxygen atoms in total. The average molecular weight is 398 g/mol. The lowest BCUT2D eigenvalue weighted by Gasteiger charge is -2.34. The molecule has 2 heterocycles. The largest absolute Gasteiger partial charge is 0.497 e. The molecule has 0 N–H and O–H groups in total. The summed E-state index contributed by atoms with van der Waals surface area (Å²) in [7, 11) is 1.68. The van der Waals surface area contributed by atoms with E-state index in [1.54, 1.807) is 19.2 Å². The molecule has 0 radical (unpaired) electrons. The Balaban J connectivity index is 1.33. The summed E-state index contributed by atoms with van der Waals surface area (Å²) in [6, 6.07) is 13.1. The van der Waals surface area contributed by atoms with E-state index in [1.165, 1.54) is 23.0 Å². The molecular formula is C20H22N4O3S. The molecule has 0 unspecified atom stereocenters. The Morgan fingerprint density at radius 3 is 2.57 bits per heavy atom. The number of non-ortho nitro benzene ring substituents is 1. The molecule has 1 fully saturated rings. The first-order valence-electron chi connectivity index (χ1n) is 9.27. The minimum absolute atomic E-state index is 0.117. The topological polar surface area (TPSA) is 71.7 Å². The number of nitrogens with zero attached hydrogens (tertiary/aromatic N) is 4. The highest BCUT2D eigenvalue weighted by Gasteiger charge is 2.20. The van der Waals surface area contributed by atoms with Crippen molar-refractivity contribution in [2.24, 2.45) is 0 Å². The van der Waals surface area contributed by atoms with Crippen LogP contribution in [0.2, 0.25) is 0 Å². The van der Waals surface area contributed by atoms with Gasteiger partial charge in [-0.2, -0.15) is 0 Å². The lowest BCUT2D eigenvalue weighted by Crippen LogP contribution is -2.46. The number of hydrogen-bond donors (Lipinski definition) is 0. The van der Waals surface area contributed by atoms with E-state index < -0.39 is 0 Å². The Morgan fingerprint density at radius 1 is 1.14 bits per heavy atom. The van der Waals surface area contributed by atoms with E-state index in [9.17, 15) is 10.1 Å². The number of aromatic nitrogens is 1. The van der Waals surface area contributed by atoms with Gasteiger partial charge in [-0.3, -0.25) is 15.0 Å². The molecule has 4 rings (SSSR count). The van der Waals surface area contributed by atoms with Gasteiger partial charge in [0.1, 0.15) is 5.75 Å². The molecule has 8 heteroatoms. The molecule has 0 saturated carbocycles. The summed E-state index contributed by atoms with van der Waals surface area (Å²) in [5, 5.41) is 11.9. The molecule has 1 saturated heterocycles. The van der Waals surface area contributed by atoms with Gasteiger partial charge in [0, 0.05) is 44.9 Å². The van der Waals surface area contributed by atoms with Gasteiger partial charge < -0.3 is 9.64 Å². The number of fused-ring (bicyclic) bond motifs is 1. The first kappa shape index (κ1) is 18.6. The molecule has 0 amide bonds. The van der Waals surface area contributed by atoms with Gasteiger partial charge in [-0.25, -0.2) is 4.98 Å². The predicted octanol–water partition coefficient (Wildman–Crippen LogP) is 3.58. The van der Waals surface area contributed by atoms with Crippen molar-refractivity contribution in [1.29, 1.82) is 0 Å². The number of nitro groups is 1. The van der Waals surface area contributed by atoms with E-state index in [1.807, 2.05) is 12.1 Å². The number of ether oxygens (including phenoxy) is 1. The van der Waals surface area contributed by atoms with E-state index in [4.69, 9.17) is 4.74 Å². The minimum Gasteiger partial charge on any atom is -0.497 e. The van der Waals surface area contributed by atoms with E-state index in [0.29, 0.717) is 0 Å². The van der Waals surface area contributed by atoms with Gasteiger partial charge in [-0.15, -0.1) is 0 Å². The standard InChI is InChI=1S/C20H22N4O3S/c1-27-17-5-2-15(3-6-17)8-9-22-10-12-23(13-11-22)20-21-18-7-4-16(24(25)26)14-19(18)28-20/h2-7,14H,8-13H2,1H3. The summed E-state index contributed by atoms with van der Waals surface area (Å²) in [6.07, 6.45) is 1.02. The number of benzene rings is 2. The molecule has 2 aromatic carbocycles. The SMILES string of the molecule is COc1ccc(CCN2CCN(c3nc4ccc([N+](=O)[O-])cc4s3)CC2)cc1. The molecular weight excluding hydrogens is 376 g/mol. The van der Waals surface area contributed by atoms with Crippen LogP contribution in [0, 0.1) is 10.1 Å². The highest BCUT2D eigenvalue weighted by molar-refractivity contribution is 7.22. The van der Waals surface area contributed by atoms with Crippen LogP contribution in [-0.4, -0.2) is 54.6 Å². The van der Waals surface area contributed by atoms with Crippen molar-refractivity contribution in [3.63, 3.8) is 0 Å². The van der Waals surface area contributed by atoms with E-state index in [2.05, 4.69) is 26.9 Å². The van der Waals surface area contributed by atoms with Gasteiger partial charge in [0.25, 0.3) is 5.69 Å². The van der Waals surface area contributed by atoms with E-state index in [-0.39, 0.29) is 10.6 Å². The van der Waals surface area contributed by atoms with E-state index in [0.717, 1.165) is 60.2 Å². The summed E-state index contributed by atoms with van der Waals surface area (Å²) in [5.41, 5.74) is 2.26. The van der Waals surface area contributed by atoms with Gasteiger partial charge in [0.05, 0.1) is 22.2 Å². The number of anilines is 1. The highest BCUT2D eigenvalue weighted by Crippen LogP contribution is 2.31. The summed E-state index contributed by atoms with van der Waals surface area (Å²) < 4.78 is 6.07. The number of thiazole rings is 1. The molecule has 146 valence electrons. The van der Waals surface area contributed by atoms with Gasteiger partial charge in [0.15, 0.2) is 5.13 Å². The second-order valence-electron chi connectivity index (χ2n) is 6.83. The van der Waals surface area contributed by atoms with Crippen LogP contribution in [0.5, 0.6) is 5.75 Å². The molecule has 0 bridgehead atoms. The molecule has 1 aliphatic heterocycles. The summed E-state index contributed by atoms with van der Waals surface area (Å²) >= 11 is 1.53.